The highest BCUT2D eigenvalue weighted by Crippen LogP contribution is 2.40. The first-order valence-corrected chi connectivity index (χ1v) is 10.6. The topological polar surface area (TPSA) is 111 Å². The summed E-state index contributed by atoms with van der Waals surface area (Å²) in [6, 6.07) is 11.9. The first-order chi connectivity index (χ1) is 14.6. The number of nitrogens with zero attached hydrogens (tertiary/aromatic N) is 4. The van der Waals surface area contributed by atoms with Gasteiger partial charge in [0.15, 0.2) is 0 Å². The van der Waals surface area contributed by atoms with Crippen LogP contribution in [0, 0.1) is 0 Å². The molecule has 4 N–H and O–H groups in total. The minimum absolute atomic E-state index is 0.198. The summed E-state index contributed by atoms with van der Waals surface area (Å²) in [5.41, 5.74) is 7.98. The Morgan fingerprint density at radius 1 is 1.17 bits per heavy atom. The largest absolute Gasteiger partial charge is 0.383 e. The number of aromatic nitrogens is 4. The standard InChI is InChI=1S/C21H21N7OS/c1-23-12-10-13(11-12)28-14-7-9-25-20(22)18(14)19(27-28)15-5-6-16(30-15)21(29)26-17-4-2-3-8-24-17/h2-9,12-13,23H,10-11H2,1H3,(H2,22,25)(H,24,26,29)/t12-,13+. The lowest BCUT2D eigenvalue weighted by molar-refractivity contribution is 0.103. The van der Waals surface area contributed by atoms with Crippen LogP contribution in [0.1, 0.15) is 28.6 Å². The Morgan fingerprint density at radius 3 is 2.80 bits per heavy atom. The van der Waals surface area contributed by atoms with Gasteiger partial charge in [-0.05, 0) is 50.2 Å². The summed E-state index contributed by atoms with van der Waals surface area (Å²) < 4.78 is 2.06. The second kappa shape index (κ2) is 7.51. The number of anilines is 2. The van der Waals surface area contributed by atoms with Crippen LogP contribution in [0.4, 0.5) is 11.6 Å². The van der Waals surface area contributed by atoms with Crippen LogP contribution in [0.3, 0.4) is 0 Å². The molecule has 8 nitrogen and oxygen atoms in total. The number of nitrogens with one attached hydrogen (secondary N) is 2. The van der Waals surface area contributed by atoms with Crippen LogP contribution in [-0.2, 0) is 0 Å². The fourth-order valence-corrected chi connectivity index (χ4v) is 4.68. The molecule has 1 aliphatic rings. The highest BCUT2D eigenvalue weighted by Gasteiger charge is 2.32. The van der Waals surface area contributed by atoms with E-state index in [-0.39, 0.29) is 5.91 Å². The highest BCUT2D eigenvalue weighted by atomic mass is 32.1. The van der Waals surface area contributed by atoms with Gasteiger partial charge in [-0.3, -0.25) is 9.48 Å². The van der Waals surface area contributed by atoms with E-state index in [9.17, 15) is 4.79 Å². The zero-order valence-electron chi connectivity index (χ0n) is 16.4. The molecule has 0 radical (unpaired) electrons. The number of fused-ring (bicyclic) bond motifs is 1. The molecule has 1 amide bonds. The molecular weight excluding hydrogens is 398 g/mol. The quantitative estimate of drug-likeness (QED) is 0.458. The lowest BCUT2D eigenvalue weighted by Gasteiger charge is -2.35. The van der Waals surface area contributed by atoms with Crippen molar-refractivity contribution in [2.24, 2.45) is 0 Å². The molecule has 152 valence electrons. The van der Waals surface area contributed by atoms with Gasteiger partial charge in [0.05, 0.1) is 26.7 Å². The van der Waals surface area contributed by atoms with Crippen LogP contribution in [-0.4, -0.2) is 38.7 Å². The van der Waals surface area contributed by atoms with Crippen molar-refractivity contribution in [3.63, 3.8) is 0 Å². The Balaban J connectivity index is 1.49. The van der Waals surface area contributed by atoms with E-state index in [1.165, 1.54) is 11.3 Å². The number of carbonyl (C=O) groups is 1. The smallest absolute Gasteiger partial charge is 0.266 e. The van der Waals surface area contributed by atoms with E-state index in [0.29, 0.717) is 28.6 Å². The number of pyridine rings is 2. The molecular formula is C21H21N7OS. The van der Waals surface area contributed by atoms with E-state index in [1.54, 1.807) is 30.6 Å². The predicted octanol–water partition coefficient (Wildman–Crippen LogP) is 3.31. The molecule has 4 aromatic rings. The van der Waals surface area contributed by atoms with Crippen molar-refractivity contribution in [2.45, 2.75) is 24.9 Å². The molecule has 0 bridgehead atoms. The first kappa shape index (κ1) is 18.7. The van der Waals surface area contributed by atoms with E-state index in [2.05, 4.69) is 25.3 Å². The molecule has 1 aliphatic carbocycles. The number of carbonyl (C=O) groups excluding carboxylic acids is 1. The van der Waals surface area contributed by atoms with Gasteiger partial charge in [-0.15, -0.1) is 11.3 Å². The van der Waals surface area contributed by atoms with E-state index >= 15 is 0 Å². The third kappa shape index (κ3) is 3.21. The molecule has 4 aromatic heterocycles. The van der Waals surface area contributed by atoms with Crippen molar-refractivity contribution in [3.8, 4) is 10.6 Å². The molecule has 1 saturated carbocycles. The second-order valence-corrected chi connectivity index (χ2v) is 8.41. The molecule has 30 heavy (non-hydrogen) atoms. The normalized spacial score (nSPS) is 18.3. The summed E-state index contributed by atoms with van der Waals surface area (Å²) in [5.74, 6) is 0.770. The van der Waals surface area contributed by atoms with Gasteiger partial charge in [0, 0.05) is 18.4 Å². The number of rotatable bonds is 5. The lowest BCUT2D eigenvalue weighted by Crippen LogP contribution is -2.40. The van der Waals surface area contributed by atoms with E-state index in [4.69, 9.17) is 10.8 Å². The van der Waals surface area contributed by atoms with Gasteiger partial charge in [-0.2, -0.15) is 5.10 Å². The molecule has 0 aliphatic heterocycles. The molecule has 0 unspecified atom stereocenters. The molecule has 0 aromatic carbocycles. The summed E-state index contributed by atoms with van der Waals surface area (Å²) >= 11 is 1.38. The predicted molar refractivity (Wildman–Crippen MR) is 119 cm³/mol. The SMILES string of the molecule is CN[C@H]1C[C@@H](n2nc(-c3ccc(C(=O)Nc4ccccn4)s3)c3c(N)nccc32)C1. The van der Waals surface area contributed by atoms with Gasteiger partial charge in [0.25, 0.3) is 5.91 Å². The van der Waals surface area contributed by atoms with Crippen LogP contribution < -0.4 is 16.4 Å². The summed E-state index contributed by atoms with van der Waals surface area (Å²) in [7, 11) is 1.98. The summed E-state index contributed by atoms with van der Waals surface area (Å²) in [6.07, 6.45) is 5.41. The van der Waals surface area contributed by atoms with Crippen LogP contribution >= 0.6 is 11.3 Å². The first-order valence-electron chi connectivity index (χ1n) is 9.76. The minimum atomic E-state index is -0.198. The number of thiophene rings is 1. The van der Waals surface area contributed by atoms with Crippen molar-refractivity contribution in [3.05, 3.63) is 53.7 Å². The van der Waals surface area contributed by atoms with Crippen LogP contribution in [0.5, 0.6) is 0 Å². The fourth-order valence-electron chi connectivity index (χ4n) is 3.79. The van der Waals surface area contributed by atoms with Crippen molar-refractivity contribution in [1.29, 1.82) is 0 Å². The summed E-state index contributed by atoms with van der Waals surface area (Å²) in [6.45, 7) is 0. The number of nitrogen functional groups attached to an aromatic ring is 1. The van der Waals surface area contributed by atoms with E-state index in [0.717, 1.165) is 34.3 Å². The molecule has 4 heterocycles. The number of hydrogen-bond donors (Lipinski definition) is 3. The maximum atomic E-state index is 12.6. The highest BCUT2D eigenvalue weighted by molar-refractivity contribution is 7.17. The number of hydrogen-bond acceptors (Lipinski definition) is 7. The zero-order valence-corrected chi connectivity index (χ0v) is 17.2. The molecule has 5 rings (SSSR count). The van der Waals surface area contributed by atoms with Gasteiger partial charge in [-0.25, -0.2) is 9.97 Å². The molecule has 0 atom stereocenters. The Morgan fingerprint density at radius 2 is 2.03 bits per heavy atom. The maximum absolute atomic E-state index is 12.6. The Labute approximate surface area is 177 Å². The van der Waals surface area contributed by atoms with Crippen molar-refractivity contribution >= 4 is 39.8 Å². The van der Waals surface area contributed by atoms with Gasteiger partial charge in [0.2, 0.25) is 0 Å². The van der Waals surface area contributed by atoms with Crippen molar-refractivity contribution in [1.82, 2.24) is 25.1 Å². The van der Waals surface area contributed by atoms with E-state index in [1.807, 2.05) is 25.2 Å². The van der Waals surface area contributed by atoms with E-state index < -0.39 is 0 Å². The van der Waals surface area contributed by atoms with Gasteiger partial charge >= 0.3 is 0 Å². The van der Waals surface area contributed by atoms with Crippen LogP contribution in [0.25, 0.3) is 21.5 Å². The van der Waals surface area contributed by atoms with Crippen LogP contribution in [0.15, 0.2) is 48.8 Å². The monoisotopic (exact) mass is 419 g/mol. The molecule has 0 spiro atoms. The van der Waals surface area contributed by atoms with Gasteiger partial charge < -0.3 is 16.4 Å². The average Bonchev–Trinajstić information content (AvgIpc) is 3.34. The summed E-state index contributed by atoms with van der Waals surface area (Å²) in [5, 5.41) is 11.9. The minimum Gasteiger partial charge on any atom is -0.383 e. The fraction of sp³-hybridized carbons (Fsp3) is 0.238. The average molecular weight is 420 g/mol. The summed E-state index contributed by atoms with van der Waals surface area (Å²) in [4.78, 5) is 22.5. The molecule has 9 heteroatoms. The third-order valence-corrected chi connectivity index (χ3v) is 6.58. The second-order valence-electron chi connectivity index (χ2n) is 7.33. The maximum Gasteiger partial charge on any atom is 0.266 e. The number of nitrogens with two attached hydrogens (primary N) is 1. The van der Waals surface area contributed by atoms with Gasteiger partial charge in [0.1, 0.15) is 17.3 Å². The van der Waals surface area contributed by atoms with Gasteiger partial charge in [-0.1, -0.05) is 6.07 Å². The van der Waals surface area contributed by atoms with Crippen LogP contribution in [0.2, 0.25) is 0 Å². The lowest BCUT2D eigenvalue weighted by atomic mass is 9.87. The molecule has 1 fully saturated rings. The Hall–Kier alpha value is -3.30. The number of amides is 1. The van der Waals surface area contributed by atoms with Crippen molar-refractivity contribution in [2.75, 3.05) is 18.1 Å². The third-order valence-electron chi connectivity index (χ3n) is 5.49. The Bertz CT molecular complexity index is 1210. The molecule has 0 saturated heterocycles. The zero-order chi connectivity index (χ0) is 20.7. The Kier molecular flexibility index (Phi) is 4.68. The van der Waals surface area contributed by atoms with Crippen molar-refractivity contribution < 1.29 is 4.79 Å².